The number of rotatable bonds is 10. The van der Waals surface area contributed by atoms with Gasteiger partial charge in [-0.25, -0.2) is 9.59 Å². The first-order valence-corrected chi connectivity index (χ1v) is 10.8. The highest BCUT2D eigenvalue weighted by Gasteiger charge is 2.36. The van der Waals surface area contributed by atoms with E-state index in [-0.39, 0.29) is 5.57 Å². The average Bonchev–Trinajstić information content (AvgIpc) is 3.33. The van der Waals surface area contributed by atoms with E-state index in [1.165, 1.54) is 25.7 Å². The first-order chi connectivity index (χ1) is 12.7. The van der Waals surface area contributed by atoms with Crippen molar-refractivity contribution in [2.45, 2.75) is 90.9 Å². The molecule has 148 valence electrons. The Bertz CT molecular complexity index is 440. The van der Waals surface area contributed by atoms with Gasteiger partial charge in [-0.15, -0.1) is 0 Å². The normalized spacial score (nSPS) is 18.1. The summed E-state index contributed by atoms with van der Waals surface area (Å²) in [6.45, 7) is 4.88. The van der Waals surface area contributed by atoms with Crippen LogP contribution in [0.2, 0.25) is 0 Å². The fourth-order valence-electron chi connectivity index (χ4n) is 4.30. The minimum absolute atomic E-state index is 0.246. The lowest BCUT2D eigenvalue weighted by Gasteiger charge is -2.24. The Kier molecular flexibility index (Phi) is 9.21. The Morgan fingerprint density at radius 2 is 1.12 bits per heavy atom. The first kappa shape index (κ1) is 21.0. The average molecular weight is 365 g/mol. The number of ether oxygens (including phenoxy) is 2. The Hall–Kier alpha value is -1.32. The van der Waals surface area contributed by atoms with Crippen molar-refractivity contribution in [2.24, 2.45) is 11.8 Å². The van der Waals surface area contributed by atoms with Gasteiger partial charge in [-0.2, -0.15) is 0 Å². The van der Waals surface area contributed by atoms with Crippen LogP contribution in [-0.4, -0.2) is 25.2 Å². The molecule has 0 heterocycles. The maximum absolute atomic E-state index is 12.9. The lowest BCUT2D eigenvalue weighted by Crippen LogP contribution is -2.25. The van der Waals surface area contributed by atoms with Crippen LogP contribution in [0.15, 0.2) is 11.1 Å². The standard InChI is InChI=1S/C22H36O4/c1-3-5-15-25-21(23)20(22(24)26-16-6-4-2)19(17-11-7-8-12-17)18-13-9-10-14-18/h17-18H,3-16H2,1-2H3. The molecule has 0 bridgehead atoms. The number of hydrogen-bond donors (Lipinski definition) is 0. The van der Waals surface area contributed by atoms with Gasteiger partial charge in [0.2, 0.25) is 0 Å². The van der Waals surface area contributed by atoms with E-state index in [1.807, 2.05) is 0 Å². The summed E-state index contributed by atoms with van der Waals surface area (Å²) in [7, 11) is 0. The maximum Gasteiger partial charge on any atom is 0.345 e. The molecule has 0 atom stereocenters. The summed E-state index contributed by atoms with van der Waals surface area (Å²) in [6.07, 6.45) is 12.6. The number of carbonyl (C=O) groups is 2. The molecular weight excluding hydrogens is 328 g/mol. The maximum atomic E-state index is 12.9. The zero-order chi connectivity index (χ0) is 18.8. The van der Waals surface area contributed by atoms with Crippen LogP contribution >= 0.6 is 0 Å². The summed E-state index contributed by atoms with van der Waals surface area (Å²) in [5.41, 5.74) is 1.32. The molecule has 4 nitrogen and oxygen atoms in total. The highest BCUT2D eigenvalue weighted by atomic mass is 16.6. The number of allylic oxidation sites excluding steroid dienone is 1. The summed E-state index contributed by atoms with van der Waals surface area (Å²) in [6, 6.07) is 0. The van der Waals surface area contributed by atoms with Crippen molar-refractivity contribution in [1.82, 2.24) is 0 Å². The summed E-state index contributed by atoms with van der Waals surface area (Å²) in [5, 5.41) is 0. The predicted octanol–water partition coefficient (Wildman–Crippen LogP) is 5.35. The van der Waals surface area contributed by atoms with E-state index >= 15 is 0 Å². The van der Waals surface area contributed by atoms with Gasteiger partial charge in [-0.3, -0.25) is 0 Å². The number of esters is 2. The van der Waals surface area contributed by atoms with E-state index < -0.39 is 11.9 Å². The van der Waals surface area contributed by atoms with E-state index in [9.17, 15) is 9.59 Å². The van der Waals surface area contributed by atoms with Gasteiger partial charge in [0.15, 0.2) is 0 Å². The number of carbonyl (C=O) groups excluding carboxylic acids is 2. The van der Waals surface area contributed by atoms with Crippen LogP contribution < -0.4 is 0 Å². The fraction of sp³-hybridized carbons (Fsp3) is 0.818. The first-order valence-electron chi connectivity index (χ1n) is 10.8. The van der Waals surface area contributed by atoms with E-state index in [4.69, 9.17) is 9.47 Å². The summed E-state index contributed by atoms with van der Waals surface area (Å²) >= 11 is 0. The van der Waals surface area contributed by atoms with Crippen LogP contribution in [0.4, 0.5) is 0 Å². The monoisotopic (exact) mass is 364 g/mol. The van der Waals surface area contributed by atoms with Crippen molar-refractivity contribution >= 4 is 11.9 Å². The van der Waals surface area contributed by atoms with Gasteiger partial charge in [0, 0.05) is 0 Å². The van der Waals surface area contributed by atoms with Crippen LogP contribution in [0, 0.1) is 11.8 Å². The summed E-state index contributed by atoms with van der Waals surface area (Å²) in [5.74, 6) is -0.196. The smallest absolute Gasteiger partial charge is 0.345 e. The van der Waals surface area contributed by atoms with E-state index in [0.717, 1.165) is 56.9 Å². The zero-order valence-electron chi connectivity index (χ0n) is 16.7. The van der Waals surface area contributed by atoms with Crippen LogP contribution in [-0.2, 0) is 19.1 Å². The summed E-state index contributed by atoms with van der Waals surface area (Å²) in [4.78, 5) is 25.7. The molecule has 0 saturated heterocycles. The van der Waals surface area contributed by atoms with Crippen molar-refractivity contribution in [3.63, 3.8) is 0 Å². The fourth-order valence-corrected chi connectivity index (χ4v) is 4.30. The molecule has 2 fully saturated rings. The topological polar surface area (TPSA) is 52.6 Å². The van der Waals surface area contributed by atoms with Crippen molar-refractivity contribution in [1.29, 1.82) is 0 Å². The SMILES string of the molecule is CCCCOC(=O)C(C(=O)OCCCC)=C(C1CCCC1)C1CCCC1. The highest BCUT2D eigenvalue weighted by molar-refractivity contribution is 6.15. The lowest BCUT2D eigenvalue weighted by molar-refractivity contribution is -0.147. The molecule has 0 amide bonds. The minimum Gasteiger partial charge on any atom is -0.462 e. The Morgan fingerprint density at radius 1 is 0.731 bits per heavy atom. The molecular formula is C22H36O4. The van der Waals surface area contributed by atoms with Crippen LogP contribution in [0.5, 0.6) is 0 Å². The van der Waals surface area contributed by atoms with Crippen molar-refractivity contribution in [3.05, 3.63) is 11.1 Å². The molecule has 2 rings (SSSR count). The van der Waals surface area contributed by atoms with Crippen LogP contribution in [0.3, 0.4) is 0 Å². The largest absolute Gasteiger partial charge is 0.462 e. The Balaban J connectivity index is 2.29. The van der Waals surface area contributed by atoms with Crippen molar-refractivity contribution in [3.8, 4) is 0 Å². The molecule has 0 aromatic rings. The van der Waals surface area contributed by atoms with Crippen molar-refractivity contribution in [2.75, 3.05) is 13.2 Å². The quantitative estimate of drug-likeness (QED) is 0.172. The molecule has 2 saturated carbocycles. The third kappa shape index (κ3) is 5.85. The van der Waals surface area contributed by atoms with Gasteiger partial charge in [0.05, 0.1) is 13.2 Å². The van der Waals surface area contributed by atoms with E-state index in [2.05, 4.69) is 13.8 Å². The molecule has 0 N–H and O–H groups in total. The van der Waals surface area contributed by atoms with Crippen LogP contribution in [0.25, 0.3) is 0 Å². The second-order valence-corrected chi connectivity index (χ2v) is 7.77. The third-order valence-electron chi connectivity index (χ3n) is 5.75. The number of unbranched alkanes of at least 4 members (excludes halogenated alkanes) is 2. The molecule has 2 aliphatic rings. The van der Waals surface area contributed by atoms with Gasteiger partial charge in [-0.1, -0.05) is 52.4 Å². The molecule has 26 heavy (non-hydrogen) atoms. The Morgan fingerprint density at radius 3 is 1.46 bits per heavy atom. The predicted molar refractivity (Wildman–Crippen MR) is 103 cm³/mol. The molecule has 0 radical (unpaired) electrons. The molecule has 0 aromatic carbocycles. The van der Waals surface area contributed by atoms with Gasteiger partial charge in [0.1, 0.15) is 5.57 Å². The lowest BCUT2D eigenvalue weighted by atomic mass is 9.82. The molecule has 0 aliphatic heterocycles. The second kappa shape index (κ2) is 11.4. The highest BCUT2D eigenvalue weighted by Crippen LogP contribution is 2.43. The molecule has 0 spiro atoms. The molecule has 0 unspecified atom stereocenters. The van der Waals surface area contributed by atoms with E-state index in [1.54, 1.807) is 0 Å². The second-order valence-electron chi connectivity index (χ2n) is 7.77. The van der Waals surface area contributed by atoms with Gasteiger partial charge in [-0.05, 0) is 55.9 Å². The zero-order valence-corrected chi connectivity index (χ0v) is 16.7. The number of hydrogen-bond acceptors (Lipinski definition) is 4. The van der Waals surface area contributed by atoms with E-state index in [0.29, 0.717) is 25.0 Å². The van der Waals surface area contributed by atoms with Gasteiger partial charge < -0.3 is 9.47 Å². The molecule has 0 aromatic heterocycles. The summed E-state index contributed by atoms with van der Waals surface area (Å²) < 4.78 is 10.9. The molecule has 4 heteroatoms. The van der Waals surface area contributed by atoms with Gasteiger partial charge >= 0.3 is 11.9 Å². The van der Waals surface area contributed by atoms with Crippen molar-refractivity contribution < 1.29 is 19.1 Å². The minimum atomic E-state index is -0.450. The molecule has 2 aliphatic carbocycles. The third-order valence-corrected chi connectivity index (χ3v) is 5.75. The van der Waals surface area contributed by atoms with Crippen LogP contribution in [0.1, 0.15) is 90.9 Å². The Labute approximate surface area is 158 Å². The van der Waals surface area contributed by atoms with Gasteiger partial charge in [0.25, 0.3) is 0 Å².